The summed E-state index contributed by atoms with van der Waals surface area (Å²) < 4.78 is 63.6. The molecule has 1 aromatic carbocycles. The summed E-state index contributed by atoms with van der Waals surface area (Å²) >= 11 is 0. The second-order valence-corrected chi connectivity index (χ2v) is 11.3. The lowest BCUT2D eigenvalue weighted by atomic mass is 9.55. The minimum atomic E-state index is -4.49. The average molecular weight is 470 g/mol. The molecule has 5 rings (SSSR count). The molecule has 0 heterocycles. The Labute approximate surface area is 188 Å². The topological polar surface area (TPSA) is 102 Å². The molecular weight excluding hydrogens is 439 g/mol. The summed E-state index contributed by atoms with van der Waals surface area (Å²) in [6.45, 7) is 3.32. The van der Waals surface area contributed by atoms with E-state index in [0.717, 1.165) is 17.9 Å². The van der Waals surface area contributed by atoms with Crippen molar-refractivity contribution in [2.45, 2.75) is 58.3 Å². The fourth-order valence-electron chi connectivity index (χ4n) is 5.74. The number of hydrogen-bond donors (Lipinski definition) is 0. The van der Waals surface area contributed by atoms with Crippen LogP contribution >= 0.6 is 0 Å². The van der Waals surface area contributed by atoms with Crippen LogP contribution in [0.5, 0.6) is 5.75 Å². The molecule has 0 aromatic heterocycles. The van der Waals surface area contributed by atoms with E-state index in [9.17, 15) is 22.2 Å². The first kappa shape index (κ1) is 23.4. The second-order valence-electron chi connectivity index (χ2n) is 9.80. The van der Waals surface area contributed by atoms with E-state index in [0.29, 0.717) is 11.8 Å². The number of ether oxygens (including phenoxy) is 3. The molecule has 4 saturated carbocycles. The summed E-state index contributed by atoms with van der Waals surface area (Å²) in [6, 6.07) is 3.54. The summed E-state index contributed by atoms with van der Waals surface area (Å²) in [5, 5.41) is 0. The molecule has 4 bridgehead atoms. The van der Waals surface area contributed by atoms with Gasteiger partial charge in [-0.1, -0.05) is 13.8 Å². The van der Waals surface area contributed by atoms with Crippen LogP contribution in [0, 0.1) is 35.4 Å². The van der Waals surface area contributed by atoms with Crippen molar-refractivity contribution in [1.29, 1.82) is 0 Å². The van der Waals surface area contributed by atoms with Crippen molar-refractivity contribution >= 4 is 16.1 Å². The molecular formula is C23H30FO7S-. The number of carbonyl (C=O) groups excluding carboxylic acids is 1. The van der Waals surface area contributed by atoms with Gasteiger partial charge in [0.25, 0.3) is 0 Å². The number of halogens is 1. The van der Waals surface area contributed by atoms with Gasteiger partial charge in [0.15, 0.2) is 11.6 Å². The smallest absolute Gasteiger partial charge is 0.338 e. The van der Waals surface area contributed by atoms with E-state index in [-0.39, 0.29) is 23.3 Å². The maximum absolute atomic E-state index is 14.5. The summed E-state index contributed by atoms with van der Waals surface area (Å²) in [6.07, 6.45) is 5.56. The minimum Gasteiger partial charge on any atom is -0.748 e. The van der Waals surface area contributed by atoms with E-state index < -0.39 is 40.6 Å². The first-order valence-corrected chi connectivity index (χ1v) is 12.9. The molecule has 9 heteroatoms. The Hall–Kier alpha value is -1.71. The van der Waals surface area contributed by atoms with Crippen LogP contribution in [-0.2, 0) is 19.6 Å². The molecule has 0 N–H and O–H groups in total. The normalized spacial score (nSPS) is 29.8. The third kappa shape index (κ3) is 5.43. The van der Waals surface area contributed by atoms with Gasteiger partial charge >= 0.3 is 5.97 Å². The van der Waals surface area contributed by atoms with Gasteiger partial charge in [-0.2, -0.15) is 0 Å². The number of rotatable bonds is 9. The van der Waals surface area contributed by atoms with Crippen LogP contribution in [0.4, 0.5) is 4.39 Å². The van der Waals surface area contributed by atoms with Crippen LogP contribution in [-0.4, -0.2) is 43.7 Å². The summed E-state index contributed by atoms with van der Waals surface area (Å²) in [7, 11) is -4.49. The van der Waals surface area contributed by atoms with E-state index in [4.69, 9.17) is 14.2 Å². The van der Waals surface area contributed by atoms with Crippen LogP contribution < -0.4 is 4.74 Å². The fourth-order valence-corrected chi connectivity index (χ4v) is 6.03. The molecule has 0 saturated heterocycles. The number of esters is 1. The summed E-state index contributed by atoms with van der Waals surface area (Å²) in [5.41, 5.74) is 0.00169. The molecule has 0 spiro atoms. The van der Waals surface area contributed by atoms with Crippen molar-refractivity contribution in [3.05, 3.63) is 29.6 Å². The molecule has 32 heavy (non-hydrogen) atoms. The lowest BCUT2D eigenvalue weighted by Crippen LogP contribution is -2.51. The second kappa shape index (κ2) is 9.27. The molecule has 1 aromatic rings. The predicted octanol–water partition coefficient (Wildman–Crippen LogP) is 3.73. The van der Waals surface area contributed by atoms with Crippen molar-refractivity contribution in [3.8, 4) is 5.75 Å². The predicted molar refractivity (Wildman–Crippen MR) is 112 cm³/mol. The van der Waals surface area contributed by atoms with Crippen LogP contribution in [0.1, 0.15) is 56.3 Å². The van der Waals surface area contributed by atoms with Gasteiger partial charge in [0.1, 0.15) is 6.61 Å². The zero-order chi connectivity index (χ0) is 23.0. The molecule has 4 fully saturated rings. The standard InChI is InChI=1S/C23H31FO7S/c1-13(2)23(31-21-17-8-14-7-15(10-17)11-18(21)9-14)30-20-12-16(3-4-19(20)24)22(25)29-5-6-32(26,27)28/h3-4,12-15,17-18,21,23H,5-11H2,1-2H3,(H,26,27,28)/p-1. The molecule has 0 radical (unpaired) electrons. The Bertz CT molecular complexity index is 918. The van der Waals surface area contributed by atoms with Gasteiger partial charge in [-0.3, -0.25) is 0 Å². The van der Waals surface area contributed by atoms with Gasteiger partial charge in [-0.15, -0.1) is 0 Å². The van der Waals surface area contributed by atoms with Crippen LogP contribution in [0.2, 0.25) is 0 Å². The highest BCUT2D eigenvalue weighted by molar-refractivity contribution is 7.85. The van der Waals surface area contributed by atoms with Crippen LogP contribution in [0.3, 0.4) is 0 Å². The van der Waals surface area contributed by atoms with Gasteiger partial charge in [-0.25, -0.2) is 17.6 Å². The Balaban J connectivity index is 1.43. The van der Waals surface area contributed by atoms with Crippen molar-refractivity contribution in [1.82, 2.24) is 0 Å². The molecule has 1 atom stereocenters. The zero-order valence-corrected chi connectivity index (χ0v) is 19.2. The molecule has 178 valence electrons. The Kier molecular flexibility index (Phi) is 6.79. The number of carbonyl (C=O) groups is 1. The Morgan fingerprint density at radius 3 is 2.31 bits per heavy atom. The van der Waals surface area contributed by atoms with Gasteiger partial charge in [0.2, 0.25) is 6.29 Å². The maximum Gasteiger partial charge on any atom is 0.338 e. The molecule has 1 unspecified atom stereocenters. The molecule has 0 amide bonds. The monoisotopic (exact) mass is 469 g/mol. The van der Waals surface area contributed by atoms with E-state index in [1.807, 2.05) is 13.8 Å². The highest BCUT2D eigenvalue weighted by Gasteiger charge is 2.49. The third-order valence-corrected chi connectivity index (χ3v) is 7.62. The first-order chi connectivity index (χ1) is 15.1. The molecule has 4 aliphatic carbocycles. The Morgan fingerprint density at radius 1 is 1.12 bits per heavy atom. The van der Waals surface area contributed by atoms with Crippen LogP contribution in [0.25, 0.3) is 0 Å². The molecule has 7 nitrogen and oxygen atoms in total. The summed E-state index contributed by atoms with van der Waals surface area (Å²) in [5.74, 6) is 0.199. The van der Waals surface area contributed by atoms with E-state index in [2.05, 4.69) is 0 Å². The largest absolute Gasteiger partial charge is 0.748 e. The highest BCUT2D eigenvalue weighted by atomic mass is 32.2. The lowest BCUT2D eigenvalue weighted by molar-refractivity contribution is -0.211. The fraction of sp³-hybridized carbons (Fsp3) is 0.696. The van der Waals surface area contributed by atoms with E-state index >= 15 is 0 Å². The van der Waals surface area contributed by atoms with Crippen LogP contribution in [0.15, 0.2) is 18.2 Å². The van der Waals surface area contributed by atoms with Crippen molar-refractivity contribution in [3.63, 3.8) is 0 Å². The van der Waals surface area contributed by atoms with Gasteiger partial charge in [0, 0.05) is 5.92 Å². The van der Waals surface area contributed by atoms with E-state index in [1.54, 1.807) is 0 Å². The first-order valence-electron chi connectivity index (χ1n) is 11.3. The average Bonchev–Trinajstić information content (AvgIpc) is 2.69. The molecule has 0 aliphatic heterocycles. The number of benzene rings is 1. The lowest BCUT2D eigenvalue weighted by Gasteiger charge is -2.54. The minimum absolute atomic E-state index is 0.00169. The van der Waals surface area contributed by atoms with Gasteiger partial charge < -0.3 is 18.8 Å². The van der Waals surface area contributed by atoms with Crippen molar-refractivity contribution < 1.29 is 36.4 Å². The van der Waals surface area contributed by atoms with Gasteiger partial charge in [0.05, 0.1) is 27.5 Å². The van der Waals surface area contributed by atoms with Crippen molar-refractivity contribution in [2.24, 2.45) is 29.6 Å². The zero-order valence-electron chi connectivity index (χ0n) is 18.4. The SMILES string of the molecule is CC(C)C(Oc1cc(C(=O)OCCS(=O)(=O)[O-])ccc1F)OC1C2CC3CC(C2)CC1C3. The van der Waals surface area contributed by atoms with E-state index in [1.165, 1.54) is 44.2 Å². The quantitative estimate of drug-likeness (QED) is 0.308. The Morgan fingerprint density at radius 2 is 1.75 bits per heavy atom. The molecule has 4 aliphatic rings. The highest BCUT2D eigenvalue weighted by Crippen LogP contribution is 2.55. The summed E-state index contributed by atoms with van der Waals surface area (Å²) in [4.78, 5) is 12.2. The number of hydrogen-bond acceptors (Lipinski definition) is 7. The third-order valence-electron chi connectivity index (χ3n) is 6.95. The maximum atomic E-state index is 14.5. The van der Waals surface area contributed by atoms with Crippen molar-refractivity contribution in [2.75, 3.05) is 12.4 Å². The van der Waals surface area contributed by atoms with Gasteiger partial charge in [-0.05, 0) is 74.0 Å².